The van der Waals surface area contributed by atoms with Crippen LogP contribution in [0.1, 0.15) is 0 Å². The van der Waals surface area contributed by atoms with Gasteiger partial charge in [0.2, 0.25) is 0 Å². The third-order valence-electron chi connectivity index (χ3n) is 2.72. The SMILES string of the molecule is COc1ncc(NC(=O)Nc2cc(F)cc(F)c2)c(N(C)C)n1. The maximum absolute atomic E-state index is 13.1. The van der Waals surface area contributed by atoms with E-state index in [1.54, 1.807) is 19.0 Å². The third-order valence-corrected chi connectivity index (χ3v) is 2.72. The molecule has 0 aliphatic carbocycles. The molecule has 0 saturated heterocycles. The highest BCUT2D eigenvalue weighted by Crippen LogP contribution is 2.23. The number of urea groups is 1. The monoisotopic (exact) mass is 323 g/mol. The van der Waals surface area contributed by atoms with Gasteiger partial charge in [0.05, 0.1) is 13.3 Å². The Labute approximate surface area is 131 Å². The van der Waals surface area contributed by atoms with E-state index in [4.69, 9.17) is 4.74 Å². The molecular formula is C14H15F2N5O2. The van der Waals surface area contributed by atoms with Crippen molar-refractivity contribution >= 4 is 23.2 Å². The number of hydrogen-bond acceptors (Lipinski definition) is 5. The molecule has 0 aliphatic rings. The van der Waals surface area contributed by atoms with Gasteiger partial charge in [0.15, 0.2) is 5.82 Å². The van der Waals surface area contributed by atoms with Gasteiger partial charge in [-0.05, 0) is 12.1 Å². The van der Waals surface area contributed by atoms with Gasteiger partial charge in [0.25, 0.3) is 0 Å². The van der Waals surface area contributed by atoms with Gasteiger partial charge in [-0.2, -0.15) is 4.98 Å². The summed E-state index contributed by atoms with van der Waals surface area (Å²) in [5.41, 5.74) is 0.297. The van der Waals surface area contributed by atoms with E-state index in [0.717, 1.165) is 12.1 Å². The van der Waals surface area contributed by atoms with E-state index in [2.05, 4.69) is 20.6 Å². The number of halogens is 2. The highest BCUT2D eigenvalue weighted by molar-refractivity contribution is 6.01. The Morgan fingerprint density at radius 3 is 2.39 bits per heavy atom. The number of nitrogens with zero attached hydrogens (tertiary/aromatic N) is 3. The van der Waals surface area contributed by atoms with E-state index in [1.807, 2.05) is 0 Å². The molecule has 2 aromatic rings. The number of nitrogens with one attached hydrogen (secondary N) is 2. The summed E-state index contributed by atoms with van der Waals surface area (Å²) in [4.78, 5) is 21.6. The molecule has 0 saturated carbocycles. The van der Waals surface area contributed by atoms with Crippen LogP contribution in [-0.2, 0) is 0 Å². The first-order valence-corrected chi connectivity index (χ1v) is 6.51. The van der Waals surface area contributed by atoms with Crippen LogP contribution in [0.25, 0.3) is 0 Å². The predicted molar refractivity (Wildman–Crippen MR) is 81.9 cm³/mol. The van der Waals surface area contributed by atoms with Crippen molar-refractivity contribution in [2.75, 3.05) is 36.7 Å². The van der Waals surface area contributed by atoms with Crippen LogP contribution in [-0.4, -0.2) is 37.2 Å². The first-order chi connectivity index (χ1) is 10.9. The number of rotatable bonds is 4. The van der Waals surface area contributed by atoms with Crippen molar-refractivity contribution in [3.8, 4) is 6.01 Å². The lowest BCUT2D eigenvalue weighted by molar-refractivity contribution is 0.262. The highest BCUT2D eigenvalue weighted by atomic mass is 19.1. The van der Waals surface area contributed by atoms with E-state index in [1.165, 1.54) is 13.3 Å². The lowest BCUT2D eigenvalue weighted by Crippen LogP contribution is -2.22. The minimum absolute atomic E-state index is 0.0131. The zero-order chi connectivity index (χ0) is 17.0. The number of carbonyl (C=O) groups is 1. The molecule has 0 fully saturated rings. The number of carbonyl (C=O) groups excluding carboxylic acids is 1. The molecule has 0 aliphatic heterocycles. The fourth-order valence-corrected chi connectivity index (χ4v) is 1.80. The maximum Gasteiger partial charge on any atom is 0.323 e. The fourth-order valence-electron chi connectivity index (χ4n) is 1.80. The minimum atomic E-state index is -0.790. The lowest BCUT2D eigenvalue weighted by Gasteiger charge is -2.17. The maximum atomic E-state index is 13.1. The Hall–Kier alpha value is -2.97. The summed E-state index contributed by atoms with van der Waals surface area (Å²) < 4.78 is 31.1. The fraction of sp³-hybridized carbons (Fsp3) is 0.214. The normalized spacial score (nSPS) is 10.1. The summed E-state index contributed by atoms with van der Waals surface area (Å²) in [5.74, 6) is -1.17. The van der Waals surface area contributed by atoms with Gasteiger partial charge >= 0.3 is 12.0 Å². The zero-order valence-corrected chi connectivity index (χ0v) is 12.7. The van der Waals surface area contributed by atoms with Crippen LogP contribution < -0.4 is 20.3 Å². The molecule has 122 valence electrons. The number of ether oxygens (including phenoxy) is 1. The molecule has 23 heavy (non-hydrogen) atoms. The Balaban J connectivity index is 2.16. The first kappa shape index (κ1) is 16.4. The highest BCUT2D eigenvalue weighted by Gasteiger charge is 2.13. The number of aromatic nitrogens is 2. The van der Waals surface area contributed by atoms with Gasteiger partial charge in [0.1, 0.15) is 17.3 Å². The van der Waals surface area contributed by atoms with Gasteiger partial charge in [-0.15, -0.1) is 0 Å². The van der Waals surface area contributed by atoms with Crippen molar-refractivity contribution in [2.24, 2.45) is 0 Å². The van der Waals surface area contributed by atoms with Crippen molar-refractivity contribution in [3.63, 3.8) is 0 Å². The molecule has 0 spiro atoms. The molecule has 0 atom stereocenters. The number of amides is 2. The molecule has 9 heteroatoms. The van der Waals surface area contributed by atoms with Crippen molar-refractivity contribution in [1.82, 2.24) is 9.97 Å². The second-order valence-corrected chi connectivity index (χ2v) is 4.73. The first-order valence-electron chi connectivity index (χ1n) is 6.51. The van der Waals surface area contributed by atoms with Crippen molar-refractivity contribution in [3.05, 3.63) is 36.0 Å². The predicted octanol–water partition coefficient (Wildman–Crippen LogP) is 2.47. The average molecular weight is 323 g/mol. The van der Waals surface area contributed by atoms with Crippen molar-refractivity contribution < 1.29 is 18.3 Å². The summed E-state index contributed by atoms with van der Waals surface area (Å²) in [6.07, 6.45) is 1.37. The molecule has 1 aromatic carbocycles. The van der Waals surface area contributed by atoms with E-state index in [9.17, 15) is 13.6 Å². The Kier molecular flexibility index (Phi) is 4.89. The van der Waals surface area contributed by atoms with Gasteiger partial charge in [-0.1, -0.05) is 0 Å². The van der Waals surface area contributed by atoms with E-state index in [-0.39, 0.29) is 11.7 Å². The molecule has 0 radical (unpaired) electrons. The second-order valence-electron chi connectivity index (χ2n) is 4.73. The molecule has 0 bridgehead atoms. The summed E-state index contributed by atoms with van der Waals surface area (Å²) in [6.45, 7) is 0. The van der Waals surface area contributed by atoms with E-state index in [0.29, 0.717) is 17.6 Å². The molecule has 0 unspecified atom stereocenters. The minimum Gasteiger partial charge on any atom is -0.467 e. The van der Waals surface area contributed by atoms with Crippen LogP contribution in [0.5, 0.6) is 6.01 Å². The standard InChI is InChI=1S/C14H15F2N5O2/c1-21(2)12-11(7-17-14(20-12)23-3)19-13(22)18-10-5-8(15)4-9(16)6-10/h4-7H,1-3H3,(H2,18,19,22). The molecule has 7 nitrogen and oxygen atoms in total. The van der Waals surface area contributed by atoms with Gasteiger partial charge < -0.3 is 20.3 Å². The lowest BCUT2D eigenvalue weighted by atomic mass is 10.3. The number of benzene rings is 1. The molecule has 2 rings (SSSR count). The third kappa shape index (κ3) is 4.25. The van der Waals surface area contributed by atoms with E-state index < -0.39 is 17.7 Å². The van der Waals surface area contributed by atoms with Crippen molar-refractivity contribution in [1.29, 1.82) is 0 Å². The summed E-state index contributed by atoms with van der Waals surface area (Å²) in [6, 6.07) is 2.17. The number of hydrogen-bond donors (Lipinski definition) is 2. The van der Waals surface area contributed by atoms with E-state index >= 15 is 0 Å². The quantitative estimate of drug-likeness (QED) is 0.903. The largest absolute Gasteiger partial charge is 0.467 e. The number of anilines is 3. The zero-order valence-electron chi connectivity index (χ0n) is 12.7. The van der Waals surface area contributed by atoms with Crippen LogP contribution >= 0.6 is 0 Å². The molecule has 2 N–H and O–H groups in total. The van der Waals surface area contributed by atoms with Gasteiger partial charge in [-0.3, -0.25) is 0 Å². The molecule has 1 heterocycles. The van der Waals surface area contributed by atoms with Crippen LogP contribution in [0.4, 0.5) is 30.8 Å². The topological polar surface area (TPSA) is 79.4 Å². The van der Waals surface area contributed by atoms with Gasteiger partial charge in [-0.25, -0.2) is 18.6 Å². The summed E-state index contributed by atoms with van der Waals surface area (Å²) >= 11 is 0. The molecule has 1 aromatic heterocycles. The van der Waals surface area contributed by atoms with Crippen molar-refractivity contribution in [2.45, 2.75) is 0 Å². The van der Waals surface area contributed by atoms with Crippen LogP contribution in [0, 0.1) is 11.6 Å². The second kappa shape index (κ2) is 6.86. The summed E-state index contributed by atoms with van der Waals surface area (Å²) in [7, 11) is 4.88. The Morgan fingerprint density at radius 1 is 1.17 bits per heavy atom. The smallest absolute Gasteiger partial charge is 0.323 e. The van der Waals surface area contributed by atoms with Crippen LogP contribution in [0.15, 0.2) is 24.4 Å². The Morgan fingerprint density at radius 2 is 1.83 bits per heavy atom. The molecular weight excluding hydrogens is 308 g/mol. The summed E-state index contributed by atoms with van der Waals surface area (Å²) in [5, 5.41) is 4.84. The average Bonchev–Trinajstić information content (AvgIpc) is 2.46. The van der Waals surface area contributed by atoms with Crippen LogP contribution in [0.3, 0.4) is 0 Å². The van der Waals surface area contributed by atoms with Gasteiger partial charge in [0, 0.05) is 25.8 Å². The number of methoxy groups -OCH3 is 1. The molecule has 2 amide bonds. The van der Waals surface area contributed by atoms with Crippen LogP contribution in [0.2, 0.25) is 0 Å². The Bertz CT molecular complexity index is 704.